The first-order chi connectivity index (χ1) is 20.1. The van der Waals surface area contributed by atoms with Crippen LogP contribution in [0, 0.1) is 11.8 Å². The van der Waals surface area contributed by atoms with Gasteiger partial charge in [-0.15, -0.1) is 0 Å². The van der Waals surface area contributed by atoms with Crippen molar-refractivity contribution < 1.29 is 18.8 Å². The molecule has 2 unspecified atom stereocenters. The highest BCUT2D eigenvalue weighted by molar-refractivity contribution is 6.27. The summed E-state index contributed by atoms with van der Waals surface area (Å²) in [6.07, 6.45) is 3.07. The van der Waals surface area contributed by atoms with Crippen molar-refractivity contribution in [3.05, 3.63) is 137 Å². The number of carbonyl (C=O) groups is 3. The van der Waals surface area contributed by atoms with E-state index in [0.29, 0.717) is 5.69 Å². The molecule has 2 heterocycles. The van der Waals surface area contributed by atoms with Crippen LogP contribution in [-0.4, -0.2) is 23.9 Å². The van der Waals surface area contributed by atoms with E-state index in [-0.39, 0.29) is 23.5 Å². The molecule has 5 aromatic rings. The van der Waals surface area contributed by atoms with Crippen molar-refractivity contribution in [3.8, 4) is 0 Å². The minimum absolute atomic E-state index is 0.125. The number of benzene rings is 4. The molecule has 7 nitrogen and oxygen atoms in total. The van der Waals surface area contributed by atoms with E-state index in [2.05, 4.69) is 10.5 Å². The van der Waals surface area contributed by atoms with Gasteiger partial charge in [-0.05, 0) is 45.8 Å². The molecule has 1 aliphatic heterocycles. The van der Waals surface area contributed by atoms with Gasteiger partial charge < -0.3 is 4.42 Å². The summed E-state index contributed by atoms with van der Waals surface area (Å²) in [5.41, 5.74) is 5.91. The lowest BCUT2D eigenvalue weighted by molar-refractivity contribution is -0.122. The van der Waals surface area contributed by atoms with Gasteiger partial charge in [-0.3, -0.25) is 14.4 Å². The first-order valence-corrected chi connectivity index (χ1v) is 13.5. The van der Waals surface area contributed by atoms with Crippen LogP contribution in [0.25, 0.3) is 10.8 Å². The van der Waals surface area contributed by atoms with Crippen molar-refractivity contribution in [1.29, 1.82) is 0 Å². The molecule has 2 bridgehead atoms. The summed E-state index contributed by atoms with van der Waals surface area (Å²) >= 11 is 0. The summed E-state index contributed by atoms with van der Waals surface area (Å²) < 4.78 is 5.22. The van der Waals surface area contributed by atoms with Gasteiger partial charge in [0.2, 0.25) is 11.8 Å². The van der Waals surface area contributed by atoms with Crippen LogP contribution in [0.3, 0.4) is 0 Å². The number of nitrogens with zero attached hydrogens (tertiary/aromatic N) is 2. The third kappa shape index (κ3) is 3.08. The van der Waals surface area contributed by atoms with Gasteiger partial charge in [0.1, 0.15) is 0 Å². The lowest BCUT2D eigenvalue weighted by atomic mass is 9.47. The Morgan fingerprint density at radius 1 is 0.805 bits per heavy atom. The molecule has 0 saturated carbocycles. The van der Waals surface area contributed by atoms with Gasteiger partial charge in [0.15, 0.2) is 5.76 Å². The molecular formula is C34H23N3O4. The Balaban J connectivity index is 1.34. The number of furan rings is 1. The van der Waals surface area contributed by atoms with E-state index in [1.807, 2.05) is 91.0 Å². The predicted octanol–water partition coefficient (Wildman–Crippen LogP) is 5.40. The number of hydrazone groups is 1. The third-order valence-electron chi connectivity index (χ3n) is 8.87. The van der Waals surface area contributed by atoms with Crippen molar-refractivity contribution in [2.45, 2.75) is 11.3 Å². The van der Waals surface area contributed by atoms with E-state index in [9.17, 15) is 14.4 Å². The largest absolute Gasteiger partial charge is 0.459 e. The molecule has 0 radical (unpaired) electrons. The van der Waals surface area contributed by atoms with E-state index in [0.717, 1.165) is 33.0 Å². The molecular weight excluding hydrogens is 514 g/mol. The number of hydrogen-bond donors (Lipinski definition) is 1. The summed E-state index contributed by atoms with van der Waals surface area (Å²) in [6.45, 7) is 0. The Bertz CT molecular complexity index is 1870. The van der Waals surface area contributed by atoms with Gasteiger partial charge in [-0.2, -0.15) is 5.10 Å². The maximum absolute atomic E-state index is 14.6. The van der Waals surface area contributed by atoms with Gasteiger partial charge in [-0.1, -0.05) is 84.9 Å². The summed E-state index contributed by atoms with van der Waals surface area (Å²) in [5, 5.41) is 6.21. The fourth-order valence-electron chi connectivity index (χ4n) is 7.35. The topological polar surface area (TPSA) is 92.0 Å². The van der Waals surface area contributed by atoms with Crippen molar-refractivity contribution in [2.75, 3.05) is 4.90 Å². The molecule has 1 aromatic heterocycles. The molecule has 1 N–H and O–H groups in total. The monoisotopic (exact) mass is 537 g/mol. The Kier molecular flexibility index (Phi) is 4.94. The zero-order chi connectivity index (χ0) is 27.7. The summed E-state index contributed by atoms with van der Waals surface area (Å²) in [5.74, 6) is -2.52. The first-order valence-electron chi connectivity index (χ1n) is 13.5. The van der Waals surface area contributed by atoms with E-state index in [1.165, 1.54) is 11.2 Å². The van der Waals surface area contributed by atoms with Crippen LogP contribution in [0.5, 0.6) is 0 Å². The summed E-state index contributed by atoms with van der Waals surface area (Å²) in [7, 11) is 0. The number of amides is 3. The molecule has 4 aliphatic rings. The van der Waals surface area contributed by atoms with Crippen LogP contribution in [0.1, 0.15) is 38.7 Å². The number of fused-ring (bicyclic) bond motifs is 1. The van der Waals surface area contributed by atoms with Crippen molar-refractivity contribution in [3.63, 3.8) is 0 Å². The van der Waals surface area contributed by atoms with E-state index in [4.69, 9.17) is 4.42 Å². The summed E-state index contributed by atoms with van der Waals surface area (Å²) in [6, 6.07) is 32.5. The second kappa shape index (κ2) is 8.60. The Morgan fingerprint density at radius 2 is 1.49 bits per heavy atom. The fraction of sp³-hybridized carbons (Fsp3) is 0.118. The van der Waals surface area contributed by atoms with Crippen LogP contribution in [0.2, 0.25) is 0 Å². The molecule has 2 atom stereocenters. The standard InChI is InChI=1S/C34H23N3O4/c38-31(27-17-8-18-41-27)36-35-19-34-24-14-5-3-12-22(24)28(23-13-4-6-15-25(23)34)29-30(34)33(40)37(32(29)39)26-16-7-10-20-9-1-2-11-21(20)26/h1-19,28-30H,(H,36,38)/b35-19+. The second-order valence-corrected chi connectivity index (χ2v) is 10.7. The zero-order valence-corrected chi connectivity index (χ0v) is 21.7. The highest BCUT2D eigenvalue weighted by Gasteiger charge is 2.68. The van der Waals surface area contributed by atoms with E-state index >= 15 is 0 Å². The molecule has 3 amide bonds. The Labute approximate surface area is 235 Å². The molecule has 0 spiro atoms. The number of rotatable bonds is 4. The molecule has 9 rings (SSSR count). The van der Waals surface area contributed by atoms with E-state index in [1.54, 1.807) is 18.3 Å². The van der Waals surface area contributed by atoms with Gasteiger partial charge in [0.25, 0.3) is 0 Å². The number of anilines is 1. The number of hydrogen-bond acceptors (Lipinski definition) is 5. The van der Waals surface area contributed by atoms with Crippen LogP contribution in [0.4, 0.5) is 5.69 Å². The van der Waals surface area contributed by atoms with Crippen LogP contribution in [-0.2, 0) is 15.0 Å². The third-order valence-corrected chi connectivity index (χ3v) is 8.87. The lowest BCUT2D eigenvalue weighted by Gasteiger charge is -2.52. The smallest absolute Gasteiger partial charge is 0.307 e. The molecule has 198 valence electrons. The number of nitrogens with one attached hydrogen (secondary N) is 1. The van der Waals surface area contributed by atoms with E-state index < -0.39 is 23.2 Å². The lowest BCUT2D eigenvalue weighted by Crippen LogP contribution is -2.54. The van der Waals surface area contributed by atoms with Gasteiger partial charge in [-0.25, -0.2) is 10.3 Å². The predicted molar refractivity (Wildman–Crippen MR) is 154 cm³/mol. The maximum Gasteiger partial charge on any atom is 0.307 e. The zero-order valence-electron chi connectivity index (χ0n) is 21.7. The van der Waals surface area contributed by atoms with Crippen molar-refractivity contribution in [2.24, 2.45) is 16.9 Å². The quantitative estimate of drug-likeness (QED) is 0.189. The minimum atomic E-state index is -1.07. The second-order valence-electron chi connectivity index (χ2n) is 10.7. The SMILES string of the molecule is O=C(N/N=C/C12c3ccccc3C(c3ccccc31)C1C(=O)N(c3cccc4ccccc34)C(=O)C12)c1ccco1. The van der Waals surface area contributed by atoms with Crippen molar-refractivity contribution in [1.82, 2.24) is 5.43 Å². The highest BCUT2D eigenvalue weighted by Crippen LogP contribution is 2.63. The molecule has 1 saturated heterocycles. The van der Waals surface area contributed by atoms with Gasteiger partial charge in [0, 0.05) is 17.5 Å². The molecule has 3 aliphatic carbocycles. The minimum Gasteiger partial charge on any atom is -0.459 e. The normalized spacial score (nSPS) is 24.0. The molecule has 1 fully saturated rings. The van der Waals surface area contributed by atoms with Crippen LogP contribution >= 0.6 is 0 Å². The van der Waals surface area contributed by atoms with Gasteiger partial charge in [0.05, 0.1) is 29.2 Å². The molecule has 4 aromatic carbocycles. The molecule has 41 heavy (non-hydrogen) atoms. The first kappa shape index (κ1) is 23.6. The average molecular weight is 538 g/mol. The van der Waals surface area contributed by atoms with Crippen LogP contribution in [0.15, 0.2) is 119 Å². The average Bonchev–Trinajstić information content (AvgIpc) is 3.65. The number of carbonyl (C=O) groups excluding carboxylic acids is 3. The Hall–Kier alpha value is -5.30. The van der Waals surface area contributed by atoms with Gasteiger partial charge >= 0.3 is 5.91 Å². The maximum atomic E-state index is 14.6. The van der Waals surface area contributed by atoms with Crippen LogP contribution < -0.4 is 10.3 Å². The molecule has 7 heteroatoms. The highest BCUT2D eigenvalue weighted by atomic mass is 16.3. The Morgan fingerprint density at radius 3 is 2.22 bits per heavy atom. The fourth-order valence-corrected chi connectivity index (χ4v) is 7.35. The number of imide groups is 1. The summed E-state index contributed by atoms with van der Waals surface area (Å²) in [4.78, 5) is 43.2. The van der Waals surface area contributed by atoms with Crippen molar-refractivity contribution >= 4 is 40.4 Å².